The fourth-order valence-electron chi connectivity index (χ4n) is 3.52. The third-order valence-electron chi connectivity index (χ3n) is 5.14. The average Bonchev–Trinajstić information content (AvgIpc) is 2.67. The van der Waals surface area contributed by atoms with Crippen LogP contribution >= 0.6 is 11.6 Å². The average molecular weight is 402 g/mol. The fourth-order valence-corrected chi connectivity index (χ4v) is 3.64. The van der Waals surface area contributed by atoms with Gasteiger partial charge < -0.3 is 15.5 Å². The quantitative estimate of drug-likeness (QED) is 0.768. The number of hydrogen-bond donors (Lipinski definition) is 2. The highest BCUT2D eigenvalue weighted by molar-refractivity contribution is 6.30. The molecule has 1 amide bonds. The lowest BCUT2D eigenvalue weighted by atomic mass is 9.86. The van der Waals surface area contributed by atoms with Gasteiger partial charge in [-0.2, -0.15) is 0 Å². The lowest BCUT2D eigenvalue weighted by Crippen LogP contribution is -2.34. The number of amides is 1. The van der Waals surface area contributed by atoms with E-state index in [1.54, 1.807) is 24.3 Å². The van der Waals surface area contributed by atoms with Crippen molar-refractivity contribution in [3.63, 3.8) is 0 Å². The van der Waals surface area contributed by atoms with Gasteiger partial charge in [-0.05, 0) is 62.8 Å². The van der Waals surface area contributed by atoms with Crippen molar-refractivity contribution in [2.24, 2.45) is 5.92 Å². The molecule has 2 aromatic rings. The molecule has 1 fully saturated rings. The van der Waals surface area contributed by atoms with Gasteiger partial charge >= 0.3 is 0 Å². The van der Waals surface area contributed by atoms with E-state index >= 15 is 0 Å². The number of nitrogens with zero attached hydrogens (tertiary/aromatic N) is 3. The van der Waals surface area contributed by atoms with Crippen LogP contribution in [0.4, 0.5) is 11.6 Å². The van der Waals surface area contributed by atoms with Crippen molar-refractivity contribution in [2.45, 2.75) is 38.6 Å². The Hall–Kier alpha value is -2.34. The predicted molar refractivity (Wildman–Crippen MR) is 114 cm³/mol. The van der Waals surface area contributed by atoms with Crippen molar-refractivity contribution in [2.75, 3.05) is 30.9 Å². The summed E-state index contributed by atoms with van der Waals surface area (Å²) in [6.45, 7) is 2.63. The van der Waals surface area contributed by atoms with Crippen molar-refractivity contribution in [1.82, 2.24) is 15.3 Å². The van der Waals surface area contributed by atoms with Gasteiger partial charge in [-0.25, -0.2) is 9.97 Å². The van der Waals surface area contributed by atoms with Crippen LogP contribution in [0.25, 0.3) is 0 Å². The minimum absolute atomic E-state index is 0.0374. The van der Waals surface area contributed by atoms with E-state index in [-0.39, 0.29) is 5.91 Å². The minimum atomic E-state index is -0.0374. The van der Waals surface area contributed by atoms with Gasteiger partial charge in [0.2, 0.25) is 0 Å². The maximum absolute atomic E-state index is 12.2. The molecule has 1 heterocycles. The van der Waals surface area contributed by atoms with E-state index in [1.807, 2.05) is 32.0 Å². The van der Waals surface area contributed by atoms with Gasteiger partial charge in [0.1, 0.15) is 17.5 Å². The molecule has 28 heavy (non-hydrogen) atoms. The summed E-state index contributed by atoms with van der Waals surface area (Å²) in [4.78, 5) is 23.2. The maximum atomic E-state index is 12.2. The lowest BCUT2D eigenvalue weighted by Gasteiger charge is -2.29. The molecular formula is C21H28ClN5O. The van der Waals surface area contributed by atoms with Crippen molar-refractivity contribution in [1.29, 1.82) is 0 Å². The number of hydrogen-bond acceptors (Lipinski definition) is 5. The first-order chi connectivity index (χ1) is 13.4. The van der Waals surface area contributed by atoms with E-state index in [0.717, 1.165) is 43.1 Å². The van der Waals surface area contributed by atoms with Gasteiger partial charge in [0, 0.05) is 43.3 Å². The molecule has 7 heteroatoms. The van der Waals surface area contributed by atoms with Crippen LogP contribution in [0.2, 0.25) is 5.02 Å². The Balaban J connectivity index is 1.46. The molecule has 0 spiro atoms. The number of anilines is 2. The number of carbonyl (C=O) groups is 1. The zero-order valence-corrected chi connectivity index (χ0v) is 17.5. The molecule has 150 valence electrons. The first-order valence-electron chi connectivity index (χ1n) is 9.74. The topological polar surface area (TPSA) is 70.2 Å². The number of aryl methyl sites for hydroxylation is 1. The van der Waals surface area contributed by atoms with Gasteiger partial charge in [0.15, 0.2) is 0 Å². The lowest BCUT2D eigenvalue weighted by molar-refractivity contribution is 0.0943. The summed E-state index contributed by atoms with van der Waals surface area (Å²) >= 11 is 5.87. The summed E-state index contributed by atoms with van der Waals surface area (Å²) < 4.78 is 0. The molecule has 3 rings (SSSR count). The first-order valence-corrected chi connectivity index (χ1v) is 10.1. The Morgan fingerprint density at radius 1 is 1.14 bits per heavy atom. The van der Waals surface area contributed by atoms with Gasteiger partial charge in [-0.3, -0.25) is 4.79 Å². The molecule has 1 saturated carbocycles. The molecule has 1 aromatic carbocycles. The van der Waals surface area contributed by atoms with Crippen molar-refractivity contribution in [3.8, 4) is 0 Å². The highest BCUT2D eigenvalue weighted by Crippen LogP contribution is 2.26. The Morgan fingerprint density at radius 2 is 1.82 bits per heavy atom. The summed E-state index contributed by atoms with van der Waals surface area (Å²) in [5.41, 5.74) is 0.649. The summed E-state index contributed by atoms with van der Waals surface area (Å²) in [7, 11) is 3.96. The second-order valence-corrected chi connectivity index (χ2v) is 8.07. The molecule has 2 N–H and O–H groups in total. The smallest absolute Gasteiger partial charge is 0.251 e. The molecule has 6 nitrogen and oxygen atoms in total. The molecule has 1 aliphatic rings. The Labute approximate surface area is 171 Å². The van der Waals surface area contributed by atoms with E-state index in [0.29, 0.717) is 29.1 Å². The standard InChI is InChI=1S/C21H28ClN5O/c1-14-24-19(12-20(25-14)27(2)3)26-18-10-4-15(5-11-18)13-23-21(28)16-6-8-17(22)9-7-16/h6-9,12,15,18H,4-5,10-11,13H2,1-3H3,(H,23,28)(H,24,25,26)/t15-,18+. The van der Waals surface area contributed by atoms with Crippen LogP contribution < -0.4 is 15.5 Å². The molecule has 0 atom stereocenters. The Morgan fingerprint density at radius 3 is 2.46 bits per heavy atom. The number of halogens is 1. The van der Waals surface area contributed by atoms with E-state index in [2.05, 4.69) is 20.6 Å². The van der Waals surface area contributed by atoms with Crippen LogP contribution in [0.1, 0.15) is 41.9 Å². The molecular weight excluding hydrogens is 374 g/mol. The van der Waals surface area contributed by atoms with E-state index < -0.39 is 0 Å². The van der Waals surface area contributed by atoms with Crippen molar-refractivity contribution in [3.05, 3.63) is 46.7 Å². The zero-order chi connectivity index (χ0) is 20.1. The normalized spacial score (nSPS) is 19.1. The van der Waals surface area contributed by atoms with Crippen molar-refractivity contribution < 1.29 is 4.79 Å². The molecule has 0 radical (unpaired) electrons. The SMILES string of the molecule is Cc1nc(N[C@H]2CC[C@@H](CNC(=O)c3ccc(Cl)cc3)CC2)cc(N(C)C)n1. The number of aromatic nitrogens is 2. The third kappa shape index (κ3) is 5.58. The second kappa shape index (κ2) is 9.24. The fraction of sp³-hybridized carbons (Fsp3) is 0.476. The largest absolute Gasteiger partial charge is 0.367 e. The van der Waals surface area contributed by atoms with E-state index in [1.165, 1.54) is 0 Å². The molecule has 0 bridgehead atoms. The number of rotatable bonds is 6. The molecule has 0 unspecified atom stereocenters. The molecule has 1 aliphatic carbocycles. The highest BCUT2D eigenvalue weighted by Gasteiger charge is 2.22. The summed E-state index contributed by atoms with van der Waals surface area (Å²) in [6, 6.07) is 9.39. The number of benzene rings is 1. The molecule has 0 aliphatic heterocycles. The maximum Gasteiger partial charge on any atom is 0.251 e. The van der Waals surface area contributed by atoms with Gasteiger partial charge in [-0.15, -0.1) is 0 Å². The molecule has 1 aromatic heterocycles. The molecule has 0 saturated heterocycles. The highest BCUT2D eigenvalue weighted by atomic mass is 35.5. The minimum Gasteiger partial charge on any atom is -0.367 e. The predicted octanol–water partition coefficient (Wildman–Crippen LogP) is 3.91. The van der Waals surface area contributed by atoms with Gasteiger partial charge in [0.25, 0.3) is 5.91 Å². The zero-order valence-electron chi connectivity index (χ0n) is 16.7. The van der Waals surface area contributed by atoms with Crippen molar-refractivity contribution >= 4 is 29.1 Å². The number of nitrogens with one attached hydrogen (secondary N) is 2. The summed E-state index contributed by atoms with van der Waals surface area (Å²) in [6.07, 6.45) is 4.32. The Bertz CT molecular complexity index is 801. The summed E-state index contributed by atoms with van der Waals surface area (Å²) in [5, 5.41) is 7.25. The monoisotopic (exact) mass is 401 g/mol. The van der Waals surface area contributed by atoms with Crippen LogP contribution in [0.15, 0.2) is 30.3 Å². The van der Waals surface area contributed by atoms with E-state index in [9.17, 15) is 4.79 Å². The van der Waals surface area contributed by atoms with Crippen LogP contribution in [-0.2, 0) is 0 Å². The van der Waals surface area contributed by atoms with Crippen LogP contribution in [0.3, 0.4) is 0 Å². The van der Waals surface area contributed by atoms with Crippen LogP contribution in [-0.4, -0.2) is 42.6 Å². The summed E-state index contributed by atoms with van der Waals surface area (Å²) in [5.74, 6) is 3.04. The number of carbonyl (C=O) groups excluding carboxylic acids is 1. The van der Waals surface area contributed by atoms with Gasteiger partial charge in [0.05, 0.1) is 0 Å². The first kappa shape index (κ1) is 20.4. The third-order valence-corrected chi connectivity index (χ3v) is 5.39. The van der Waals surface area contributed by atoms with Crippen LogP contribution in [0, 0.1) is 12.8 Å². The second-order valence-electron chi connectivity index (χ2n) is 7.63. The van der Waals surface area contributed by atoms with Gasteiger partial charge in [-0.1, -0.05) is 11.6 Å². The Kier molecular flexibility index (Phi) is 6.73. The van der Waals surface area contributed by atoms with Crippen LogP contribution in [0.5, 0.6) is 0 Å². The van der Waals surface area contributed by atoms with E-state index in [4.69, 9.17) is 11.6 Å².